The van der Waals surface area contributed by atoms with Crippen molar-refractivity contribution in [1.82, 2.24) is 4.90 Å². The van der Waals surface area contributed by atoms with Gasteiger partial charge in [0, 0.05) is 11.6 Å². The second-order valence-electron chi connectivity index (χ2n) is 3.43. The highest BCUT2D eigenvalue weighted by atomic mass is 35.5. The van der Waals surface area contributed by atoms with Gasteiger partial charge in [-0.25, -0.2) is 4.79 Å². The van der Waals surface area contributed by atoms with E-state index in [1.807, 2.05) is 0 Å². The van der Waals surface area contributed by atoms with Gasteiger partial charge < -0.3 is 10.4 Å². The van der Waals surface area contributed by atoms with E-state index in [0.29, 0.717) is 11.3 Å². The minimum atomic E-state index is -0.749. The normalized spacial score (nSPS) is 28.6. The maximum atomic E-state index is 11.5. The van der Waals surface area contributed by atoms with Crippen molar-refractivity contribution in [3.05, 3.63) is 11.3 Å². The minimum absolute atomic E-state index is 0.146. The number of hydrogen-bond acceptors (Lipinski definition) is 5. The van der Waals surface area contributed by atoms with E-state index in [1.54, 1.807) is 0 Å². The largest absolute Gasteiger partial charge is 0.539 e. The van der Waals surface area contributed by atoms with Gasteiger partial charge in [0.25, 0.3) is 0 Å². The van der Waals surface area contributed by atoms with Gasteiger partial charge in [0.2, 0.25) is 5.91 Å². The van der Waals surface area contributed by atoms with Crippen molar-refractivity contribution in [1.29, 1.82) is 0 Å². The fourth-order valence-electron chi connectivity index (χ4n) is 1.73. The number of amides is 1. The van der Waals surface area contributed by atoms with Crippen molar-refractivity contribution >= 4 is 43.3 Å². The molecule has 1 saturated heterocycles. The molecule has 0 aromatic carbocycles. The fourth-order valence-corrected chi connectivity index (χ4v) is 3.35. The van der Waals surface area contributed by atoms with Crippen molar-refractivity contribution in [3.8, 4) is 0 Å². The number of carbonyl (C=O) groups is 2. The summed E-state index contributed by atoms with van der Waals surface area (Å²) < 4.78 is 4.16. The summed E-state index contributed by atoms with van der Waals surface area (Å²) in [6.07, 6.45) is 0. The van der Waals surface area contributed by atoms with Crippen LogP contribution in [0.15, 0.2) is 11.3 Å². The molecule has 2 atom stereocenters. The van der Waals surface area contributed by atoms with E-state index in [-0.39, 0.29) is 22.9 Å². The van der Waals surface area contributed by atoms with Gasteiger partial charge in [-0.3, -0.25) is 9.69 Å². The zero-order chi connectivity index (χ0) is 11.9. The number of fused-ring (bicyclic) bond motifs is 1. The molecule has 8 heteroatoms. The van der Waals surface area contributed by atoms with Gasteiger partial charge in [0.15, 0.2) is 0 Å². The average Bonchev–Trinajstić information content (AvgIpc) is 2.34. The Morgan fingerprint density at radius 2 is 2.44 bits per heavy atom. The highest BCUT2D eigenvalue weighted by Gasteiger charge is 2.51. The first kappa shape index (κ1) is 11.8. The van der Waals surface area contributed by atoms with E-state index >= 15 is 0 Å². The second kappa shape index (κ2) is 4.31. The van der Waals surface area contributed by atoms with Crippen LogP contribution in [0.1, 0.15) is 0 Å². The van der Waals surface area contributed by atoms with E-state index < -0.39 is 12.0 Å². The summed E-state index contributed by atoms with van der Waals surface area (Å²) in [7, 11) is 4.83. The summed E-state index contributed by atoms with van der Waals surface area (Å²) in [6, 6.07) is -0.567. The molecule has 0 unspecified atom stereocenters. The number of hydrogen-bond donors (Lipinski definition) is 1. The lowest BCUT2D eigenvalue weighted by atomic mass is 10.0. The molecule has 0 aliphatic carbocycles. The number of alkyl halides is 1. The van der Waals surface area contributed by atoms with E-state index in [1.165, 1.54) is 16.7 Å². The first-order chi connectivity index (χ1) is 7.61. The Balaban J connectivity index is 2.36. The number of halogens is 1. The zero-order valence-corrected chi connectivity index (χ0v) is 9.75. The third-order valence-electron chi connectivity index (χ3n) is 2.55. The molecule has 1 amide bonds. The minimum Gasteiger partial charge on any atom is -0.539 e. The number of carbonyl (C=O) groups excluding carboxylic acids is 2. The van der Waals surface area contributed by atoms with Crippen LogP contribution in [0.25, 0.3) is 0 Å². The Kier molecular flexibility index (Phi) is 3.18. The zero-order valence-electron chi connectivity index (χ0n) is 8.18. The highest BCUT2D eigenvalue weighted by molar-refractivity contribution is 8.00. The maximum Gasteiger partial charge on any atom is 0.378 e. The van der Waals surface area contributed by atoms with Crippen LogP contribution in [0.2, 0.25) is 0 Å². The predicted molar refractivity (Wildman–Crippen MR) is 60.7 cm³/mol. The van der Waals surface area contributed by atoms with Crippen molar-refractivity contribution in [2.45, 2.75) is 11.4 Å². The molecule has 2 rings (SSSR count). The van der Waals surface area contributed by atoms with Crippen molar-refractivity contribution < 1.29 is 14.2 Å². The van der Waals surface area contributed by atoms with Crippen LogP contribution in [0.5, 0.6) is 0 Å². The van der Waals surface area contributed by atoms with Gasteiger partial charge in [-0.1, -0.05) is 0 Å². The van der Waals surface area contributed by atoms with Gasteiger partial charge in [-0.05, 0) is 5.57 Å². The lowest BCUT2D eigenvalue weighted by Gasteiger charge is -2.48. The smallest absolute Gasteiger partial charge is 0.378 e. The monoisotopic (exact) mass is 258 g/mol. The predicted octanol–water partition coefficient (Wildman–Crippen LogP) is -0.652. The van der Waals surface area contributed by atoms with Crippen LogP contribution in [-0.4, -0.2) is 47.9 Å². The molecule has 2 aliphatic heterocycles. The number of nitrogens with zero attached hydrogens (tertiary/aromatic N) is 1. The third kappa shape index (κ3) is 1.54. The van der Waals surface area contributed by atoms with Crippen molar-refractivity contribution in [3.63, 3.8) is 0 Å². The second-order valence-corrected chi connectivity index (χ2v) is 4.80. The van der Waals surface area contributed by atoms with Crippen LogP contribution < -0.4 is 5.73 Å². The molecule has 0 bridgehead atoms. The highest BCUT2D eigenvalue weighted by Crippen LogP contribution is 2.39. The summed E-state index contributed by atoms with van der Waals surface area (Å²) in [5.41, 5.74) is 6.40. The lowest BCUT2D eigenvalue weighted by Crippen LogP contribution is -2.68. The molecule has 84 valence electrons. The van der Waals surface area contributed by atoms with Crippen LogP contribution in [0, 0.1) is 0 Å². The molecular weight excluding hydrogens is 250 g/mol. The van der Waals surface area contributed by atoms with E-state index in [0.717, 1.165) is 0 Å². The third-order valence-corrected chi connectivity index (χ3v) is 4.23. The summed E-state index contributed by atoms with van der Waals surface area (Å²) in [5, 5.41) is -0.214. The Bertz CT molecular complexity index is 389. The molecule has 2 N–H and O–H groups in total. The van der Waals surface area contributed by atoms with Crippen molar-refractivity contribution in [2.75, 3.05) is 11.6 Å². The molecule has 2 heterocycles. The molecule has 0 spiro atoms. The summed E-state index contributed by atoms with van der Waals surface area (Å²) in [5.74, 6) is -0.347. The van der Waals surface area contributed by atoms with Crippen molar-refractivity contribution in [2.24, 2.45) is 5.73 Å². The van der Waals surface area contributed by atoms with Crippen LogP contribution >= 0.6 is 23.4 Å². The summed E-state index contributed by atoms with van der Waals surface area (Å²) in [6.45, 7) is 0. The molecule has 2 aliphatic rings. The topological polar surface area (TPSA) is 72.6 Å². The van der Waals surface area contributed by atoms with Crippen LogP contribution in [0.3, 0.4) is 0 Å². The van der Waals surface area contributed by atoms with E-state index in [9.17, 15) is 9.59 Å². The molecule has 16 heavy (non-hydrogen) atoms. The fraction of sp³-hybridized carbons (Fsp3) is 0.500. The SMILES string of the molecule is [B]OC(=O)C1=C(CCl)CS[C@@H]2[C@H](N)C(=O)N12. The molecule has 1 fully saturated rings. The Morgan fingerprint density at radius 1 is 1.75 bits per heavy atom. The molecule has 0 aromatic heterocycles. The molecule has 0 aromatic rings. The van der Waals surface area contributed by atoms with E-state index in [4.69, 9.17) is 25.4 Å². The van der Waals surface area contributed by atoms with Gasteiger partial charge in [0.1, 0.15) is 17.1 Å². The van der Waals surface area contributed by atoms with Crippen LogP contribution in [0.4, 0.5) is 0 Å². The van der Waals surface area contributed by atoms with E-state index in [2.05, 4.69) is 4.65 Å². The molecule has 2 radical (unpaired) electrons. The number of rotatable bonds is 2. The first-order valence-corrected chi connectivity index (χ1v) is 6.09. The summed E-state index contributed by atoms with van der Waals surface area (Å²) >= 11 is 7.19. The van der Waals surface area contributed by atoms with Gasteiger partial charge in [0.05, 0.1) is 0 Å². The average molecular weight is 258 g/mol. The standard InChI is InChI=1S/C8H8BClN2O3S/c9-15-8(14)5-3(1-10)2-16-7-4(11)6(13)12(5)7/h4,7H,1-2,11H2/t4-,7-/m1/s1. The number of β-lactam (4-membered cyclic amide) rings is 1. The quantitative estimate of drug-likeness (QED) is 0.405. The first-order valence-electron chi connectivity index (χ1n) is 4.51. The molecular formula is C8H8BClN2O3S. The number of nitrogens with two attached hydrogens (primary N) is 1. The van der Waals surface area contributed by atoms with Gasteiger partial charge in [-0.2, -0.15) is 0 Å². The Labute approximate surface area is 103 Å². The number of thioether (sulfide) groups is 1. The molecule has 5 nitrogen and oxygen atoms in total. The van der Waals surface area contributed by atoms with Crippen LogP contribution in [-0.2, 0) is 14.2 Å². The summed E-state index contributed by atoms with van der Waals surface area (Å²) in [4.78, 5) is 24.3. The van der Waals surface area contributed by atoms with Gasteiger partial charge >= 0.3 is 14.0 Å². The Hall–Kier alpha value is -0.655. The lowest BCUT2D eigenvalue weighted by molar-refractivity contribution is -0.146. The Morgan fingerprint density at radius 3 is 3.00 bits per heavy atom. The maximum absolute atomic E-state index is 11.5. The van der Waals surface area contributed by atoms with Gasteiger partial charge in [-0.15, -0.1) is 23.4 Å². The molecule has 0 saturated carbocycles.